The molecule has 2 aliphatic rings. The highest BCUT2D eigenvalue weighted by Crippen LogP contribution is 2.65. The fourth-order valence-electron chi connectivity index (χ4n) is 5.34. The molecular formula is C26H23F5N4O3S. The zero-order chi connectivity index (χ0) is 28.3. The van der Waals surface area contributed by atoms with Crippen LogP contribution >= 0.6 is 0 Å². The quantitative estimate of drug-likeness (QED) is 0.447. The summed E-state index contributed by atoms with van der Waals surface area (Å²) >= 11 is 0. The van der Waals surface area contributed by atoms with Crippen LogP contribution in [-0.4, -0.2) is 41.2 Å². The normalized spacial score (nSPS) is 22.4. The molecule has 2 fully saturated rings. The van der Waals surface area contributed by atoms with Crippen LogP contribution in [0.15, 0.2) is 59.8 Å². The van der Waals surface area contributed by atoms with Gasteiger partial charge in [-0.15, -0.1) is 0 Å². The second-order valence-corrected chi connectivity index (χ2v) is 12.1. The van der Waals surface area contributed by atoms with Gasteiger partial charge in [-0.1, -0.05) is 19.9 Å². The highest BCUT2D eigenvalue weighted by molar-refractivity contribution is 7.89. The maximum Gasteiger partial charge on any atom is 0.451 e. The Hall–Kier alpha value is -3.45. The molecule has 0 radical (unpaired) electrons. The van der Waals surface area contributed by atoms with E-state index in [1.807, 2.05) is 13.8 Å². The Morgan fingerprint density at radius 2 is 1.72 bits per heavy atom. The van der Waals surface area contributed by atoms with Crippen molar-refractivity contribution in [3.05, 3.63) is 77.9 Å². The number of aromatic nitrogens is 2. The molecule has 1 N–H and O–H groups in total. The van der Waals surface area contributed by atoms with Gasteiger partial charge in [0.25, 0.3) is 0 Å². The van der Waals surface area contributed by atoms with Crippen LogP contribution in [0.5, 0.6) is 0 Å². The van der Waals surface area contributed by atoms with E-state index in [1.165, 1.54) is 12.1 Å². The second-order valence-electron chi connectivity index (χ2n) is 10.3. The van der Waals surface area contributed by atoms with E-state index >= 15 is 0 Å². The molecule has 1 amide bonds. The van der Waals surface area contributed by atoms with E-state index in [2.05, 4.69) is 15.3 Å². The average molecular weight is 567 g/mol. The number of nitrogens with one attached hydrogen (secondary N) is 1. The molecule has 13 heteroatoms. The van der Waals surface area contributed by atoms with Crippen LogP contribution in [0.2, 0.25) is 0 Å². The summed E-state index contributed by atoms with van der Waals surface area (Å²) in [5.41, 5.74) is 0.142. The standard InChI is InChI=1S/C26H23F5N4O3S/c1-25(2)19-13-35(39(37,38)17-6-4-16(27)5-7-17)22(21(19)25)23(36)32-10-14-3-8-20(28)18(9-14)15-11-33-24(34-12-15)26(29,30)31/h3-9,11-12,19,21-22H,10,13H2,1-2H3,(H,32,36)/t19-,21?,22-/m0/s1. The van der Waals surface area contributed by atoms with E-state index in [0.29, 0.717) is 5.56 Å². The minimum atomic E-state index is -4.74. The fraction of sp³-hybridized carbons (Fsp3) is 0.346. The molecule has 2 heterocycles. The van der Waals surface area contributed by atoms with Crippen molar-refractivity contribution in [1.29, 1.82) is 0 Å². The highest BCUT2D eigenvalue weighted by Gasteiger charge is 2.70. The van der Waals surface area contributed by atoms with E-state index in [0.717, 1.165) is 47.0 Å². The Balaban J connectivity index is 1.35. The summed E-state index contributed by atoms with van der Waals surface area (Å²) in [6.07, 6.45) is -3.01. The molecule has 0 bridgehead atoms. The maximum atomic E-state index is 14.5. The first kappa shape index (κ1) is 27.1. The Kier molecular flexibility index (Phi) is 6.49. The van der Waals surface area contributed by atoms with Gasteiger partial charge in [0, 0.05) is 36.6 Å². The lowest BCUT2D eigenvalue weighted by atomic mass is 10.0. The highest BCUT2D eigenvalue weighted by atomic mass is 32.2. The van der Waals surface area contributed by atoms with E-state index in [-0.39, 0.29) is 46.4 Å². The minimum absolute atomic E-state index is 0.0172. The van der Waals surface area contributed by atoms with Crippen molar-refractivity contribution >= 4 is 15.9 Å². The Labute approximate surface area is 221 Å². The summed E-state index contributed by atoms with van der Waals surface area (Å²) in [5.74, 6) is -3.45. The molecule has 1 aromatic heterocycles. The van der Waals surface area contributed by atoms with Crippen molar-refractivity contribution in [1.82, 2.24) is 19.6 Å². The number of alkyl halides is 3. The van der Waals surface area contributed by atoms with Gasteiger partial charge in [-0.2, -0.15) is 17.5 Å². The summed E-state index contributed by atoms with van der Waals surface area (Å²) in [5, 5.41) is 2.72. The molecule has 1 aliphatic heterocycles. The van der Waals surface area contributed by atoms with Crippen molar-refractivity contribution in [3.8, 4) is 11.1 Å². The summed E-state index contributed by atoms with van der Waals surface area (Å²) in [6.45, 7) is 3.97. The summed E-state index contributed by atoms with van der Waals surface area (Å²) in [7, 11) is -4.09. The maximum absolute atomic E-state index is 14.5. The molecule has 1 unspecified atom stereocenters. The van der Waals surface area contributed by atoms with E-state index < -0.39 is 45.6 Å². The topological polar surface area (TPSA) is 92.3 Å². The van der Waals surface area contributed by atoms with Gasteiger partial charge in [0.05, 0.1) is 4.90 Å². The van der Waals surface area contributed by atoms with E-state index in [1.54, 1.807) is 0 Å². The third-order valence-corrected chi connectivity index (χ3v) is 9.43. The largest absolute Gasteiger partial charge is 0.451 e. The van der Waals surface area contributed by atoms with Gasteiger partial charge < -0.3 is 5.32 Å². The van der Waals surface area contributed by atoms with Crippen molar-refractivity contribution in [2.45, 2.75) is 37.5 Å². The molecule has 1 aliphatic carbocycles. The fourth-order valence-corrected chi connectivity index (χ4v) is 6.98. The average Bonchev–Trinajstić information content (AvgIpc) is 3.20. The number of rotatable bonds is 6. The zero-order valence-electron chi connectivity index (χ0n) is 20.7. The molecule has 0 spiro atoms. The Morgan fingerprint density at radius 3 is 2.33 bits per heavy atom. The van der Waals surface area contributed by atoms with Crippen LogP contribution in [-0.2, 0) is 27.5 Å². The number of carbonyl (C=O) groups excluding carboxylic acids is 1. The number of hydrogen-bond donors (Lipinski definition) is 1. The number of sulfonamides is 1. The first-order valence-corrected chi connectivity index (χ1v) is 13.4. The van der Waals surface area contributed by atoms with Gasteiger partial charge in [0.15, 0.2) is 0 Å². The van der Waals surface area contributed by atoms with Gasteiger partial charge in [-0.05, 0) is 59.2 Å². The number of halogens is 5. The third-order valence-electron chi connectivity index (χ3n) is 7.57. The van der Waals surface area contributed by atoms with Gasteiger partial charge in [-0.3, -0.25) is 4.79 Å². The number of piperidine rings is 1. The molecule has 2 aromatic carbocycles. The van der Waals surface area contributed by atoms with E-state index in [4.69, 9.17) is 0 Å². The first-order valence-electron chi connectivity index (χ1n) is 11.9. The summed E-state index contributed by atoms with van der Waals surface area (Å²) < 4.78 is 94.0. The SMILES string of the molecule is CC1(C)C2[C@@H](C(=O)NCc3ccc(F)c(-c4cnc(C(F)(F)F)nc4)c3)N(S(=O)(=O)c3ccc(F)cc3)C[C@@H]21. The lowest BCUT2D eigenvalue weighted by molar-refractivity contribution is -0.145. The van der Waals surface area contributed by atoms with Crippen LogP contribution < -0.4 is 5.32 Å². The molecule has 5 rings (SSSR count). The van der Waals surface area contributed by atoms with Crippen LogP contribution in [0.3, 0.4) is 0 Å². The minimum Gasteiger partial charge on any atom is -0.351 e. The molecule has 1 saturated heterocycles. The van der Waals surface area contributed by atoms with Gasteiger partial charge in [-0.25, -0.2) is 27.2 Å². The zero-order valence-corrected chi connectivity index (χ0v) is 21.5. The molecule has 1 saturated carbocycles. The monoisotopic (exact) mass is 566 g/mol. The third kappa shape index (κ3) is 4.89. The number of benzene rings is 2. The second kappa shape index (κ2) is 9.33. The molecular weight excluding hydrogens is 543 g/mol. The molecule has 206 valence electrons. The van der Waals surface area contributed by atoms with Crippen molar-refractivity contribution in [3.63, 3.8) is 0 Å². The number of hydrogen-bond acceptors (Lipinski definition) is 5. The van der Waals surface area contributed by atoms with Crippen LogP contribution in [0.4, 0.5) is 22.0 Å². The Morgan fingerprint density at radius 1 is 1.08 bits per heavy atom. The lowest BCUT2D eigenvalue weighted by Crippen LogP contribution is -2.49. The predicted molar refractivity (Wildman–Crippen MR) is 129 cm³/mol. The summed E-state index contributed by atoms with van der Waals surface area (Å²) in [6, 6.07) is 7.24. The van der Waals surface area contributed by atoms with Gasteiger partial charge in [0.1, 0.15) is 17.7 Å². The number of amides is 1. The van der Waals surface area contributed by atoms with Crippen LogP contribution in [0, 0.1) is 28.9 Å². The number of carbonyl (C=O) groups is 1. The van der Waals surface area contributed by atoms with Crippen molar-refractivity contribution in [2.75, 3.05) is 6.54 Å². The van der Waals surface area contributed by atoms with Crippen molar-refractivity contribution < 1.29 is 35.2 Å². The molecule has 7 nitrogen and oxygen atoms in total. The van der Waals surface area contributed by atoms with Gasteiger partial charge in [0.2, 0.25) is 21.8 Å². The van der Waals surface area contributed by atoms with Crippen LogP contribution in [0.1, 0.15) is 25.2 Å². The van der Waals surface area contributed by atoms with Crippen LogP contribution in [0.25, 0.3) is 11.1 Å². The molecule has 39 heavy (non-hydrogen) atoms. The predicted octanol–water partition coefficient (Wildman–Crippen LogP) is 4.40. The number of fused-ring (bicyclic) bond motifs is 1. The first-order chi connectivity index (χ1) is 18.2. The van der Waals surface area contributed by atoms with Gasteiger partial charge >= 0.3 is 6.18 Å². The molecule has 3 atom stereocenters. The lowest BCUT2D eigenvalue weighted by Gasteiger charge is -2.29. The summed E-state index contributed by atoms with van der Waals surface area (Å²) in [4.78, 5) is 19.8. The Bertz CT molecular complexity index is 1530. The smallest absolute Gasteiger partial charge is 0.351 e. The molecule has 3 aromatic rings. The number of nitrogens with zero attached hydrogens (tertiary/aromatic N) is 3. The van der Waals surface area contributed by atoms with Crippen molar-refractivity contribution in [2.24, 2.45) is 17.3 Å². The van der Waals surface area contributed by atoms with E-state index in [9.17, 15) is 35.2 Å².